The average molecular weight is 320 g/mol. The van der Waals surface area contributed by atoms with E-state index in [0.29, 0.717) is 23.4 Å². The summed E-state index contributed by atoms with van der Waals surface area (Å²) in [5.41, 5.74) is 1.07. The molecule has 1 aliphatic carbocycles. The summed E-state index contributed by atoms with van der Waals surface area (Å²) in [6.07, 6.45) is 5.19. The van der Waals surface area contributed by atoms with Crippen LogP contribution in [0.1, 0.15) is 38.2 Å². The highest BCUT2D eigenvalue weighted by Gasteiger charge is 2.17. The van der Waals surface area contributed by atoms with Gasteiger partial charge >= 0.3 is 0 Å². The normalized spacial score (nSPS) is 14.9. The summed E-state index contributed by atoms with van der Waals surface area (Å²) < 4.78 is 11.1. The van der Waals surface area contributed by atoms with Gasteiger partial charge in [-0.25, -0.2) is 0 Å². The van der Waals surface area contributed by atoms with Crippen molar-refractivity contribution in [2.24, 2.45) is 0 Å². The van der Waals surface area contributed by atoms with Crippen LogP contribution in [0.5, 0.6) is 11.5 Å². The predicted molar refractivity (Wildman–Crippen MR) is 85.5 cm³/mol. The van der Waals surface area contributed by atoms with Crippen molar-refractivity contribution >= 4 is 24.0 Å². The van der Waals surface area contributed by atoms with Gasteiger partial charge in [0.2, 0.25) is 0 Å². The van der Waals surface area contributed by atoms with Gasteiger partial charge < -0.3 is 14.8 Å². The molecule has 0 spiro atoms. The molecule has 3 nitrogen and oxygen atoms in total. The fraction of sp³-hybridized carbons (Fsp3) is 0.600. The average Bonchev–Trinajstić information content (AvgIpc) is 2.91. The number of nitrogens with one attached hydrogen (secondary N) is 1. The van der Waals surface area contributed by atoms with Crippen molar-refractivity contribution in [3.8, 4) is 11.5 Å². The summed E-state index contributed by atoms with van der Waals surface area (Å²) >= 11 is 6.13. The molecular weight excluding hydrogens is 297 g/mol. The van der Waals surface area contributed by atoms with E-state index >= 15 is 0 Å². The maximum absolute atomic E-state index is 6.13. The van der Waals surface area contributed by atoms with Crippen molar-refractivity contribution < 1.29 is 9.47 Å². The van der Waals surface area contributed by atoms with Gasteiger partial charge in [-0.1, -0.05) is 24.4 Å². The molecule has 1 aromatic carbocycles. The first-order valence-corrected chi connectivity index (χ1v) is 7.35. The highest BCUT2D eigenvalue weighted by Crippen LogP contribution is 2.35. The van der Waals surface area contributed by atoms with E-state index in [2.05, 4.69) is 5.32 Å². The van der Waals surface area contributed by atoms with Crippen molar-refractivity contribution in [2.45, 2.75) is 45.2 Å². The molecule has 0 aromatic heterocycles. The minimum Gasteiger partial charge on any atom is -0.493 e. The summed E-state index contributed by atoms with van der Waals surface area (Å²) in [5.74, 6) is 1.51. The van der Waals surface area contributed by atoms with Gasteiger partial charge in [0.15, 0.2) is 11.5 Å². The third-order valence-corrected chi connectivity index (χ3v) is 3.76. The van der Waals surface area contributed by atoms with E-state index in [-0.39, 0.29) is 12.4 Å². The number of hydrogen-bond donors (Lipinski definition) is 1. The van der Waals surface area contributed by atoms with E-state index in [0.717, 1.165) is 17.9 Å². The maximum Gasteiger partial charge on any atom is 0.165 e. The minimum atomic E-state index is 0. The lowest BCUT2D eigenvalue weighted by molar-refractivity contribution is 0.306. The first-order valence-electron chi connectivity index (χ1n) is 6.97. The number of ether oxygens (including phenoxy) is 2. The van der Waals surface area contributed by atoms with Gasteiger partial charge in [-0.05, 0) is 25.8 Å². The lowest BCUT2D eigenvalue weighted by Crippen LogP contribution is -2.25. The molecule has 1 aliphatic rings. The molecule has 0 bridgehead atoms. The van der Waals surface area contributed by atoms with E-state index in [9.17, 15) is 0 Å². The predicted octanol–water partition coefficient (Wildman–Crippen LogP) is 4.20. The van der Waals surface area contributed by atoms with Crippen LogP contribution >= 0.6 is 24.0 Å². The largest absolute Gasteiger partial charge is 0.493 e. The van der Waals surface area contributed by atoms with Gasteiger partial charge in [-0.15, -0.1) is 12.4 Å². The molecule has 0 unspecified atom stereocenters. The SMILES string of the molecule is CCOc1c(CNC2CCCC2)cc(Cl)cc1OC.Cl. The van der Waals surface area contributed by atoms with Gasteiger partial charge in [-0.3, -0.25) is 0 Å². The molecule has 5 heteroatoms. The van der Waals surface area contributed by atoms with Crippen LogP contribution in [0.2, 0.25) is 5.02 Å². The van der Waals surface area contributed by atoms with Crippen LogP contribution in [0.15, 0.2) is 12.1 Å². The van der Waals surface area contributed by atoms with E-state index in [4.69, 9.17) is 21.1 Å². The van der Waals surface area contributed by atoms with Crippen molar-refractivity contribution in [1.82, 2.24) is 5.32 Å². The molecular formula is C15H23Cl2NO2. The molecule has 1 aromatic rings. The number of hydrogen-bond acceptors (Lipinski definition) is 3. The first-order chi connectivity index (χ1) is 9.24. The monoisotopic (exact) mass is 319 g/mol. The van der Waals surface area contributed by atoms with Crippen LogP contribution in [0.25, 0.3) is 0 Å². The Morgan fingerprint density at radius 3 is 2.60 bits per heavy atom. The van der Waals surface area contributed by atoms with E-state index in [1.807, 2.05) is 13.0 Å². The van der Waals surface area contributed by atoms with Gasteiger partial charge in [-0.2, -0.15) is 0 Å². The zero-order valence-corrected chi connectivity index (χ0v) is 13.6. The molecule has 0 heterocycles. The summed E-state index contributed by atoms with van der Waals surface area (Å²) in [7, 11) is 1.64. The zero-order chi connectivity index (χ0) is 13.7. The smallest absolute Gasteiger partial charge is 0.165 e. The third kappa shape index (κ3) is 4.44. The lowest BCUT2D eigenvalue weighted by Gasteiger charge is -2.17. The number of rotatable bonds is 6. The minimum absolute atomic E-state index is 0. The van der Waals surface area contributed by atoms with E-state index in [1.54, 1.807) is 13.2 Å². The molecule has 2 rings (SSSR count). The Morgan fingerprint density at radius 2 is 2.00 bits per heavy atom. The fourth-order valence-corrected chi connectivity index (χ4v) is 2.83. The lowest BCUT2D eigenvalue weighted by atomic mass is 10.1. The zero-order valence-electron chi connectivity index (χ0n) is 12.1. The quantitative estimate of drug-likeness (QED) is 0.852. The summed E-state index contributed by atoms with van der Waals surface area (Å²) in [5, 5.41) is 4.26. The highest BCUT2D eigenvalue weighted by atomic mass is 35.5. The summed E-state index contributed by atoms with van der Waals surface area (Å²) in [6, 6.07) is 4.38. The van der Waals surface area contributed by atoms with E-state index < -0.39 is 0 Å². The van der Waals surface area contributed by atoms with Crippen LogP contribution < -0.4 is 14.8 Å². The van der Waals surface area contributed by atoms with Gasteiger partial charge in [0.25, 0.3) is 0 Å². The molecule has 114 valence electrons. The Balaban J connectivity index is 0.00000200. The number of methoxy groups -OCH3 is 1. The third-order valence-electron chi connectivity index (χ3n) is 3.54. The fourth-order valence-electron chi connectivity index (χ4n) is 2.60. The van der Waals surface area contributed by atoms with Crippen LogP contribution in [0.3, 0.4) is 0 Å². The van der Waals surface area contributed by atoms with Crippen molar-refractivity contribution in [3.63, 3.8) is 0 Å². The van der Waals surface area contributed by atoms with Crippen LogP contribution in [-0.4, -0.2) is 19.8 Å². The summed E-state index contributed by atoms with van der Waals surface area (Å²) in [4.78, 5) is 0. The van der Waals surface area contributed by atoms with Crippen molar-refractivity contribution in [2.75, 3.05) is 13.7 Å². The van der Waals surface area contributed by atoms with Crippen LogP contribution in [0, 0.1) is 0 Å². The highest BCUT2D eigenvalue weighted by molar-refractivity contribution is 6.30. The Hall–Kier alpha value is -0.640. The number of halogens is 2. The second kappa shape index (κ2) is 8.60. The van der Waals surface area contributed by atoms with Gasteiger partial charge in [0, 0.05) is 29.2 Å². The standard InChI is InChI=1S/C15H22ClNO2.ClH/c1-3-19-15-11(8-12(16)9-14(15)18-2)10-17-13-6-4-5-7-13;/h8-9,13,17H,3-7,10H2,1-2H3;1H. The van der Waals surface area contributed by atoms with Crippen molar-refractivity contribution in [3.05, 3.63) is 22.7 Å². The molecule has 0 aliphatic heterocycles. The molecule has 1 saturated carbocycles. The second-order valence-electron chi connectivity index (χ2n) is 4.89. The Kier molecular flexibility index (Phi) is 7.49. The van der Waals surface area contributed by atoms with Crippen molar-refractivity contribution in [1.29, 1.82) is 0 Å². The molecule has 1 fully saturated rings. The van der Waals surface area contributed by atoms with Gasteiger partial charge in [0.1, 0.15) is 0 Å². The Morgan fingerprint density at radius 1 is 1.30 bits per heavy atom. The van der Waals surface area contributed by atoms with Crippen LogP contribution in [0.4, 0.5) is 0 Å². The van der Waals surface area contributed by atoms with Gasteiger partial charge in [0.05, 0.1) is 13.7 Å². The number of benzene rings is 1. The molecule has 0 saturated heterocycles. The molecule has 0 amide bonds. The second-order valence-corrected chi connectivity index (χ2v) is 5.33. The maximum atomic E-state index is 6.13. The summed E-state index contributed by atoms with van der Waals surface area (Å²) in [6.45, 7) is 3.37. The first kappa shape index (κ1) is 17.4. The molecule has 0 atom stereocenters. The Labute approximate surface area is 132 Å². The van der Waals surface area contributed by atoms with E-state index in [1.165, 1.54) is 25.7 Å². The Bertz CT molecular complexity index is 421. The topological polar surface area (TPSA) is 30.5 Å². The van der Waals surface area contributed by atoms with Crippen LogP contribution in [-0.2, 0) is 6.54 Å². The molecule has 20 heavy (non-hydrogen) atoms. The molecule has 0 radical (unpaired) electrons. The molecule has 1 N–H and O–H groups in total.